The maximum absolute atomic E-state index is 11.9. The first-order valence-corrected chi connectivity index (χ1v) is 7.37. The van der Waals surface area contributed by atoms with Crippen LogP contribution < -0.4 is 5.73 Å². The second-order valence-electron chi connectivity index (χ2n) is 4.61. The third kappa shape index (κ3) is 3.43. The number of rotatable bonds is 6. The van der Waals surface area contributed by atoms with Crippen molar-refractivity contribution in [1.82, 2.24) is 15.0 Å². The van der Waals surface area contributed by atoms with Gasteiger partial charge in [0.15, 0.2) is 0 Å². The minimum absolute atomic E-state index is 0.0261. The minimum atomic E-state index is 0.0261. The Hall–Kier alpha value is -1.73. The molecule has 0 aliphatic rings. The van der Waals surface area contributed by atoms with Gasteiger partial charge in [-0.25, -0.2) is 0 Å². The van der Waals surface area contributed by atoms with Crippen LogP contribution in [0.4, 0.5) is 0 Å². The van der Waals surface area contributed by atoms with Crippen LogP contribution >= 0.6 is 11.3 Å². The van der Waals surface area contributed by atoms with Crippen LogP contribution in [0.15, 0.2) is 21.3 Å². The monoisotopic (exact) mass is 294 g/mol. The van der Waals surface area contributed by atoms with Crippen molar-refractivity contribution in [2.24, 2.45) is 5.73 Å². The molecule has 2 N–H and O–H groups in total. The third-order valence-electron chi connectivity index (χ3n) is 3.20. The highest BCUT2D eigenvalue weighted by Gasteiger charge is 2.16. The lowest BCUT2D eigenvalue weighted by atomic mass is 10.2. The lowest BCUT2D eigenvalue weighted by molar-refractivity contribution is -0.131. The average molecular weight is 294 g/mol. The topological polar surface area (TPSA) is 85.2 Å². The largest absolute Gasteiger partial charge is 0.342 e. The molecule has 0 spiro atoms. The summed E-state index contributed by atoms with van der Waals surface area (Å²) in [5.74, 6) is 1.07. The number of nitrogens with zero attached hydrogens (tertiary/aromatic N) is 3. The van der Waals surface area contributed by atoms with Gasteiger partial charge in [-0.15, -0.1) is 0 Å². The van der Waals surface area contributed by atoms with Crippen molar-refractivity contribution in [3.63, 3.8) is 0 Å². The van der Waals surface area contributed by atoms with Crippen LogP contribution in [0.2, 0.25) is 0 Å². The summed E-state index contributed by atoms with van der Waals surface area (Å²) in [6, 6.07) is 1.97. The number of nitrogens with two attached hydrogens (primary N) is 1. The van der Waals surface area contributed by atoms with Crippen molar-refractivity contribution in [3.05, 3.63) is 22.7 Å². The molecule has 0 saturated heterocycles. The summed E-state index contributed by atoms with van der Waals surface area (Å²) in [7, 11) is 1.75. The van der Waals surface area contributed by atoms with Gasteiger partial charge in [-0.3, -0.25) is 4.79 Å². The first-order valence-electron chi connectivity index (χ1n) is 6.42. The number of carbonyl (C=O) groups excluding carboxylic acids is 1. The summed E-state index contributed by atoms with van der Waals surface area (Å²) in [6.07, 6.45) is 0.781. The SMILES string of the molecule is CC(CN)N(C)C(=O)CCc1nc(-c2ccsc2)no1. The van der Waals surface area contributed by atoms with E-state index >= 15 is 0 Å². The van der Waals surface area contributed by atoms with Crippen LogP contribution in [-0.4, -0.2) is 40.6 Å². The zero-order chi connectivity index (χ0) is 14.5. The summed E-state index contributed by atoms with van der Waals surface area (Å²) in [4.78, 5) is 17.9. The molecule has 0 aliphatic carbocycles. The zero-order valence-electron chi connectivity index (χ0n) is 11.6. The molecule has 108 valence electrons. The average Bonchev–Trinajstić information content (AvgIpc) is 3.13. The van der Waals surface area contributed by atoms with Crippen LogP contribution in [0.3, 0.4) is 0 Å². The molecule has 0 saturated carbocycles. The number of aryl methyl sites for hydroxylation is 1. The van der Waals surface area contributed by atoms with Gasteiger partial charge in [-0.05, 0) is 18.4 Å². The van der Waals surface area contributed by atoms with Gasteiger partial charge in [0.05, 0.1) is 0 Å². The highest BCUT2D eigenvalue weighted by atomic mass is 32.1. The standard InChI is InChI=1S/C13H18N4O2S/c1-9(7-14)17(2)12(18)4-3-11-15-13(16-19-11)10-5-6-20-8-10/h5-6,8-9H,3-4,7,14H2,1-2H3. The van der Waals surface area contributed by atoms with Gasteiger partial charge in [0, 0.05) is 43.4 Å². The van der Waals surface area contributed by atoms with Crippen LogP contribution in [0, 0.1) is 0 Å². The molecule has 7 heteroatoms. The van der Waals surface area contributed by atoms with Crippen molar-refractivity contribution in [1.29, 1.82) is 0 Å². The first-order chi connectivity index (χ1) is 9.61. The highest BCUT2D eigenvalue weighted by Crippen LogP contribution is 2.19. The molecular weight excluding hydrogens is 276 g/mol. The first kappa shape index (κ1) is 14.7. The molecule has 20 heavy (non-hydrogen) atoms. The van der Waals surface area contributed by atoms with Gasteiger partial charge >= 0.3 is 0 Å². The number of hydrogen-bond acceptors (Lipinski definition) is 6. The zero-order valence-corrected chi connectivity index (χ0v) is 12.4. The molecule has 1 atom stereocenters. The van der Waals surface area contributed by atoms with Crippen molar-refractivity contribution in [2.45, 2.75) is 25.8 Å². The summed E-state index contributed by atoms with van der Waals surface area (Å²) in [5.41, 5.74) is 6.48. The van der Waals surface area contributed by atoms with Crippen molar-refractivity contribution < 1.29 is 9.32 Å². The molecule has 2 aromatic heterocycles. The van der Waals surface area contributed by atoms with Gasteiger partial charge in [0.25, 0.3) is 0 Å². The van der Waals surface area contributed by atoms with Gasteiger partial charge in [-0.2, -0.15) is 16.3 Å². The van der Waals surface area contributed by atoms with Crippen LogP contribution in [0.5, 0.6) is 0 Å². The second kappa shape index (κ2) is 6.62. The Morgan fingerprint density at radius 2 is 2.40 bits per heavy atom. The van der Waals surface area contributed by atoms with Crippen molar-refractivity contribution >= 4 is 17.2 Å². The van der Waals surface area contributed by atoms with Crippen LogP contribution in [0.1, 0.15) is 19.2 Å². The molecule has 1 amide bonds. The van der Waals surface area contributed by atoms with Crippen molar-refractivity contribution in [3.8, 4) is 11.4 Å². The Morgan fingerprint density at radius 3 is 3.05 bits per heavy atom. The Bertz CT molecular complexity index is 552. The normalized spacial score (nSPS) is 12.3. The lowest BCUT2D eigenvalue weighted by Crippen LogP contribution is -2.39. The van der Waals surface area contributed by atoms with E-state index in [0.29, 0.717) is 31.1 Å². The van der Waals surface area contributed by atoms with E-state index in [9.17, 15) is 4.79 Å². The summed E-state index contributed by atoms with van der Waals surface area (Å²) in [6.45, 7) is 2.37. The third-order valence-corrected chi connectivity index (χ3v) is 3.88. The fourth-order valence-corrected chi connectivity index (χ4v) is 2.29. The predicted molar refractivity (Wildman–Crippen MR) is 77.2 cm³/mol. The molecule has 0 fully saturated rings. The molecule has 0 radical (unpaired) electrons. The fraction of sp³-hybridized carbons (Fsp3) is 0.462. The van der Waals surface area contributed by atoms with Gasteiger partial charge in [0.2, 0.25) is 17.6 Å². The number of likely N-dealkylation sites (N-methyl/N-ethyl adjacent to an activating group) is 1. The van der Waals surface area contributed by atoms with Crippen LogP contribution in [-0.2, 0) is 11.2 Å². The van der Waals surface area contributed by atoms with Crippen LogP contribution in [0.25, 0.3) is 11.4 Å². The Kier molecular flexibility index (Phi) is 4.86. The molecule has 1 unspecified atom stereocenters. The number of aromatic nitrogens is 2. The molecule has 0 aliphatic heterocycles. The number of amides is 1. The predicted octanol–water partition coefficient (Wildman–Crippen LogP) is 1.54. The number of carbonyl (C=O) groups is 1. The molecule has 0 bridgehead atoms. The van der Waals surface area contributed by atoms with E-state index in [0.717, 1.165) is 5.56 Å². The Balaban J connectivity index is 1.90. The molecule has 2 aromatic rings. The van der Waals surface area contributed by atoms with E-state index in [4.69, 9.17) is 10.3 Å². The van der Waals surface area contributed by atoms with E-state index in [1.807, 2.05) is 23.8 Å². The molecule has 2 rings (SSSR count). The maximum Gasteiger partial charge on any atom is 0.227 e. The van der Waals surface area contributed by atoms with E-state index < -0.39 is 0 Å². The molecular formula is C13H18N4O2S. The molecule has 6 nitrogen and oxygen atoms in total. The number of hydrogen-bond donors (Lipinski definition) is 1. The summed E-state index contributed by atoms with van der Waals surface area (Å²) < 4.78 is 5.15. The number of thiophene rings is 1. The van der Waals surface area contributed by atoms with E-state index in [2.05, 4.69) is 10.1 Å². The van der Waals surface area contributed by atoms with Gasteiger partial charge in [-0.1, -0.05) is 5.16 Å². The molecule has 2 heterocycles. The molecule has 0 aromatic carbocycles. The summed E-state index contributed by atoms with van der Waals surface area (Å²) in [5, 5.41) is 7.82. The van der Waals surface area contributed by atoms with Crippen molar-refractivity contribution in [2.75, 3.05) is 13.6 Å². The fourth-order valence-electron chi connectivity index (χ4n) is 1.66. The highest BCUT2D eigenvalue weighted by molar-refractivity contribution is 7.08. The summed E-state index contributed by atoms with van der Waals surface area (Å²) >= 11 is 1.58. The Morgan fingerprint density at radius 1 is 1.60 bits per heavy atom. The van der Waals surface area contributed by atoms with E-state index in [1.165, 1.54) is 0 Å². The van der Waals surface area contributed by atoms with Gasteiger partial charge in [0.1, 0.15) is 0 Å². The second-order valence-corrected chi connectivity index (χ2v) is 5.39. The Labute approximate surface area is 121 Å². The van der Waals surface area contributed by atoms with E-state index in [1.54, 1.807) is 23.3 Å². The smallest absolute Gasteiger partial charge is 0.227 e. The lowest BCUT2D eigenvalue weighted by Gasteiger charge is -2.23. The minimum Gasteiger partial charge on any atom is -0.342 e. The van der Waals surface area contributed by atoms with E-state index in [-0.39, 0.29) is 11.9 Å². The quantitative estimate of drug-likeness (QED) is 0.873. The maximum atomic E-state index is 11.9. The van der Waals surface area contributed by atoms with Gasteiger partial charge < -0.3 is 15.2 Å².